The van der Waals surface area contributed by atoms with Crippen LogP contribution in [0.1, 0.15) is 6.42 Å². The highest BCUT2D eigenvalue weighted by Crippen LogP contribution is 2.10. The van der Waals surface area contributed by atoms with Crippen LogP contribution in [0.5, 0.6) is 0 Å². The molecule has 2 nitrogen and oxygen atoms in total. The van der Waals surface area contributed by atoms with Crippen LogP contribution in [0, 0.1) is 0 Å². The maximum absolute atomic E-state index is 5.08. The fourth-order valence-corrected chi connectivity index (χ4v) is 0.530. The van der Waals surface area contributed by atoms with E-state index in [-0.39, 0.29) is 0 Å². The molecule has 0 saturated carbocycles. The van der Waals surface area contributed by atoms with Gasteiger partial charge >= 0.3 is 0 Å². The first kappa shape index (κ1) is 4.65. The fraction of sp³-hybridized carbons (Fsp3) is 0.600. The average Bonchev–Trinajstić information content (AvgIpc) is 1.55. The Morgan fingerprint density at radius 3 is 2.57 bits per heavy atom. The highest BCUT2D eigenvalue weighted by atomic mass is 16.5. The molecule has 0 amide bonds. The van der Waals surface area contributed by atoms with Gasteiger partial charge in [-0.15, -0.1) is 0 Å². The van der Waals surface area contributed by atoms with E-state index in [1.165, 1.54) is 6.20 Å². The first-order chi connectivity index (χ1) is 3.43. The number of nitrogens with two attached hydrogens (primary N) is 1. The number of hydrogen-bond donors (Lipinski definition) is 1. The van der Waals surface area contributed by atoms with Crippen LogP contribution in [0.4, 0.5) is 0 Å². The van der Waals surface area contributed by atoms with Crippen LogP contribution >= 0.6 is 0 Å². The lowest BCUT2D eigenvalue weighted by Crippen LogP contribution is -2.24. The molecule has 0 spiro atoms. The summed E-state index contributed by atoms with van der Waals surface area (Å²) in [6, 6.07) is 0. The standard InChI is InChI=1S/C5H9NO/c6-3-1-5-2-4-7-5/h1,3,5H,2,4,6H2. The molecule has 0 radical (unpaired) electrons. The normalized spacial score (nSPS) is 30.6. The topological polar surface area (TPSA) is 35.2 Å². The minimum absolute atomic E-state index is 0.324. The Hall–Kier alpha value is -0.500. The van der Waals surface area contributed by atoms with Crippen LogP contribution < -0.4 is 5.73 Å². The van der Waals surface area contributed by atoms with E-state index in [4.69, 9.17) is 10.5 Å². The quantitative estimate of drug-likeness (QED) is 0.511. The highest BCUT2D eigenvalue weighted by molar-refractivity contribution is 4.89. The van der Waals surface area contributed by atoms with Crippen molar-refractivity contribution in [3.8, 4) is 0 Å². The van der Waals surface area contributed by atoms with Crippen molar-refractivity contribution < 1.29 is 4.74 Å². The first-order valence-corrected chi connectivity index (χ1v) is 2.43. The van der Waals surface area contributed by atoms with Gasteiger partial charge in [-0.1, -0.05) is 0 Å². The Morgan fingerprint density at radius 2 is 2.43 bits per heavy atom. The van der Waals surface area contributed by atoms with Gasteiger partial charge in [0.25, 0.3) is 0 Å². The molecule has 1 rings (SSSR count). The largest absolute Gasteiger partial charge is 0.405 e. The van der Waals surface area contributed by atoms with E-state index in [1.807, 2.05) is 6.08 Å². The maximum Gasteiger partial charge on any atom is 0.0794 e. The Balaban J connectivity index is 2.14. The van der Waals surface area contributed by atoms with Crippen molar-refractivity contribution in [1.82, 2.24) is 0 Å². The lowest BCUT2D eigenvalue weighted by atomic mass is 10.2. The first-order valence-electron chi connectivity index (χ1n) is 2.43. The van der Waals surface area contributed by atoms with E-state index < -0.39 is 0 Å². The molecule has 2 N–H and O–H groups in total. The molecule has 0 aliphatic carbocycles. The molecule has 0 aromatic heterocycles. The van der Waals surface area contributed by atoms with E-state index in [2.05, 4.69) is 0 Å². The summed E-state index contributed by atoms with van der Waals surface area (Å²) < 4.78 is 5.00. The van der Waals surface area contributed by atoms with E-state index in [1.54, 1.807) is 0 Å². The van der Waals surface area contributed by atoms with Gasteiger partial charge in [0.15, 0.2) is 0 Å². The minimum atomic E-state index is 0.324. The van der Waals surface area contributed by atoms with Gasteiger partial charge in [-0.3, -0.25) is 0 Å². The van der Waals surface area contributed by atoms with Crippen molar-refractivity contribution in [1.29, 1.82) is 0 Å². The lowest BCUT2D eigenvalue weighted by Gasteiger charge is -2.22. The second-order valence-corrected chi connectivity index (χ2v) is 1.58. The van der Waals surface area contributed by atoms with Crippen molar-refractivity contribution in [3.63, 3.8) is 0 Å². The van der Waals surface area contributed by atoms with Crippen molar-refractivity contribution in [2.24, 2.45) is 5.73 Å². The molecule has 0 bridgehead atoms. The van der Waals surface area contributed by atoms with Gasteiger partial charge in [-0.2, -0.15) is 0 Å². The second-order valence-electron chi connectivity index (χ2n) is 1.58. The molecule has 40 valence electrons. The van der Waals surface area contributed by atoms with Gasteiger partial charge in [-0.05, 0) is 12.3 Å². The van der Waals surface area contributed by atoms with Crippen molar-refractivity contribution >= 4 is 0 Å². The Kier molecular flexibility index (Phi) is 1.32. The molecule has 1 unspecified atom stereocenters. The summed E-state index contributed by atoms with van der Waals surface area (Å²) in [6.07, 6.45) is 4.85. The van der Waals surface area contributed by atoms with Gasteiger partial charge in [0.2, 0.25) is 0 Å². The summed E-state index contributed by atoms with van der Waals surface area (Å²) in [5.41, 5.74) is 5.08. The second kappa shape index (κ2) is 1.98. The number of ether oxygens (including phenoxy) is 1. The summed E-state index contributed by atoms with van der Waals surface area (Å²) in [5, 5.41) is 0. The van der Waals surface area contributed by atoms with Crippen LogP contribution in [-0.2, 0) is 4.74 Å². The molecular formula is C5H9NO. The lowest BCUT2D eigenvalue weighted by molar-refractivity contribution is -0.0186. The maximum atomic E-state index is 5.08. The zero-order valence-electron chi connectivity index (χ0n) is 4.13. The summed E-state index contributed by atoms with van der Waals surface area (Å²) in [5.74, 6) is 0. The molecule has 1 aliphatic heterocycles. The van der Waals surface area contributed by atoms with E-state index >= 15 is 0 Å². The predicted octanol–water partition coefficient (Wildman–Crippen LogP) is 0.248. The third kappa shape index (κ3) is 0.933. The smallest absolute Gasteiger partial charge is 0.0794 e. The zero-order chi connectivity index (χ0) is 5.11. The fourth-order valence-electron chi connectivity index (χ4n) is 0.530. The molecule has 0 aromatic carbocycles. The molecule has 2 heteroatoms. The van der Waals surface area contributed by atoms with Crippen LogP contribution in [0.25, 0.3) is 0 Å². The monoisotopic (exact) mass is 99.1 g/mol. The Morgan fingerprint density at radius 1 is 1.71 bits per heavy atom. The summed E-state index contributed by atoms with van der Waals surface area (Å²) in [7, 11) is 0. The summed E-state index contributed by atoms with van der Waals surface area (Å²) in [6.45, 7) is 0.898. The molecule has 7 heavy (non-hydrogen) atoms. The van der Waals surface area contributed by atoms with E-state index in [9.17, 15) is 0 Å². The van der Waals surface area contributed by atoms with Crippen LogP contribution in [0.15, 0.2) is 12.3 Å². The zero-order valence-corrected chi connectivity index (χ0v) is 4.13. The van der Waals surface area contributed by atoms with Gasteiger partial charge in [0.1, 0.15) is 0 Å². The minimum Gasteiger partial charge on any atom is -0.405 e. The SMILES string of the molecule is NC=CC1CCO1. The Bertz CT molecular complexity index is 76.1. The van der Waals surface area contributed by atoms with Crippen LogP contribution in [-0.4, -0.2) is 12.7 Å². The highest BCUT2D eigenvalue weighted by Gasteiger charge is 2.12. The average molecular weight is 99.1 g/mol. The van der Waals surface area contributed by atoms with Gasteiger partial charge in [-0.25, -0.2) is 0 Å². The van der Waals surface area contributed by atoms with Crippen molar-refractivity contribution in [2.75, 3.05) is 6.61 Å². The van der Waals surface area contributed by atoms with Gasteiger partial charge in [0, 0.05) is 6.42 Å². The summed E-state index contributed by atoms with van der Waals surface area (Å²) in [4.78, 5) is 0. The van der Waals surface area contributed by atoms with E-state index in [0.717, 1.165) is 13.0 Å². The number of hydrogen-bond acceptors (Lipinski definition) is 2. The van der Waals surface area contributed by atoms with Crippen LogP contribution in [0.2, 0.25) is 0 Å². The third-order valence-corrected chi connectivity index (χ3v) is 1.06. The third-order valence-electron chi connectivity index (χ3n) is 1.06. The molecule has 1 atom stereocenters. The Labute approximate surface area is 43.0 Å². The van der Waals surface area contributed by atoms with E-state index in [0.29, 0.717) is 6.10 Å². The molecule has 1 aliphatic rings. The van der Waals surface area contributed by atoms with Crippen LogP contribution in [0.3, 0.4) is 0 Å². The predicted molar refractivity (Wildman–Crippen MR) is 27.7 cm³/mol. The molecule has 0 aromatic rings. The van der Waals surface area contributed by atoms with Crippen molar-refractivity contribution in [3.05, 3.63) is 12.3 Å². The summed E-state index contributed by atoms with van der Waals surface area (Å²) >= 11 is 0. The van der Waals surface area contributed by atoms with Gasteiger partial charge in [0.05, 0.1) is 12.7 Å². The molecule has 1 saturated heterocycles. The molecular weight excluding hydrogens is 90.1 g/mol. The van der Waals surface area contributed by atoms with Gasteiger partial charge < -0.3 is 10.5 Å². The number of rotatable bonds is 1. The van der Waals surface area contributed by atoms with Crippen molar-refractivity contribution in [2.45, 2.75) is 12.5 Å². The molecule has 1 fully saturated rings. The molecule has 1 heterocycles.